The molecule has 210 valence electrons. The Kier molecular flexibility index (Phi) is 2.32. The van der Waals surface area contributed by atoms with Crippen LogP contribution in [0.3, 0.4) is 0 Å². The molecule has 0 aliphatic rings. The van der Waals surface area contributed by atoms with Crippen molar-refractivity contribution in [1.82, 2.24) is 0 Å². The minimum absolute atomic E-state index is 0.600. The van der Waals surface area contributed by atoms with Gasteiger partial charge in [-0.15, -0.1) is 0 Å². The van der Waals surface area contributed by atoms with E-state index in [9.17, 15) is 13.7 Å². The maximum atomic E-state index is 9.53. The topological polar surface area (TPSA) is 13.1 Å². The molecular formula is C44H28O. The molecule has 1 aromatic heterocycles. The molecule has 0 N–H and O–H groups in total. The third-order valence-corrected chi connectivity index (χ3v) is 7.14. The summed E-state index contributed by atoms with van der Waals surface area (Å²) in [4.78, 5) is 0. The highest BCUT2D eigenvalue weighted by Gasteiger charge is 2.21. The van der Waals surface area contributed by atoms with Crippen LogP contribution in [0.5, 0.6) is 0 Å². The van der Waals surface area contributed by atoms with Crippen LogP contribution >= 0.6 is 0 Å². The highest BCUT2D eigenvalue weighted by molar-refractivity contribution is 6.26. The van der Waals surface area contributed by atoms with E-state index in [4.69, 9.17) is 29.1 Å². The lowest BCUT2D eigenvalue weighted by atomic mass is 9.83. The number of hydrogen-bond donors (Lipinski definition) is 0. The van der Waals surface area contributed by atoms with Crippen LogP contribution < -0.4 is 0 Å². The molecule has 0 amide bonds. The van der Waals surface area contributed by atoms with Crippen LogP contribution in [0.1, 0.15) is 38.4 Å². The van der Waals surface area contributed by atoms with Crippen molar-refractivity contribution < 1.29 is 42.8 Å². The Morgan fingerprint density at radius 3 is 1.49 bits per heavy atom. The molecule has 0 saturated heterocycles. The lowest BCUT2D eigenvalue weighted by Crippen LogP contribution is -1.93. The molecule has 1 heteroatoms. The quantitative estimate of drug-likeness (QED) is 0.183. The standard InChI is InChI=1S/C44H28O/c1-3-14-29(15-4-1)31-26-27-38-41(28-31)45-40-25-13-24-39(44(38)40)43-36-22-11-9-20-34(36)42(35-21-10-12-23-37(35)43)33-19-8-7-18-32(33)30-16-5-2-6-17-30/h1-28H/i1D,2D,3D,4D,5D,6D,7D,8D,9D,10D,11D,12D,13D,14D,15D,16D,17D,18D,19D,20D,21D,22D,23D,24D,25D,26D,27D,28D. The predicted octanol–water partition coefficient (Wildman–Crippen LogP) is 12.6. The van der Waals surface area contributed by atoms with E-state index >= 15 is 0 Å². The lowest BCUT2D eigenvalue weighted by molar-refractivity contribution is 0.669. The fourth-order valence-corrected chi connectivity index (χ4v) is 5.32. The summed E-state index contributed by atoms with van der Waals surface area (Å²) < 4.78 is 256. The van der Waals surface area contributed by atoms with Gasteiger partial charge in [-0.25, -0.2) is 0 Å². The molecule has 0 aliphatic heterocycles. The molecule has 9 aromatic rings. The van der Waals surface area contributed by atoms with Gasteiger partial charge in [-0.05, 0) is 84.2 Å². The summed E-state index contributed by atoms with van der Waals surface area (Å²) in [7, 11) is 0. The highest BCUT2D eigenvalue weighted by atomic mass is 16.3. The summed E-state index contributed by atoms with van der Waals surface area (Å²) in [6.07, 6.45) is 0. The number of fused-ring (bicyclic) bond motifs is 5. The molecule has 1 heterocycles. The zero-order chi connectivity index (χ0) is 54.1. The molecule has 0 fully saturated rings. The minimum Gasteiger partial charge on any atom is -0.456 e. The van der Waals surface area contributed by atoms with Crippen molar-refractivity contribution in [1.29, 1.82) is 0 Å². The summed E-state index contributed by atoms with van der Waals surface area (Å²) in [6.45, 7) is 0. The van der Waals surface area contributed by atoms with Gasteiger partial charge in [-0.2, -0.15) is 0 Å². The number of hydrogen-bond acceptors (Lipinski definition) is 1. The van der Waals surface area contributed by atoms with E-state index in [0.717, 1.165) is 0 Å². The average molecular weight is 601 g/mol. The second-order valence-electron chi connectivity index (χ2n) is 9.51. The van der Waals surface area contributed by atoms with Gasteiger partial charge in [0.15, 0.2) is 0 Å². The second kappa shape index (κ2) is 10.4. The first-order valence-corrected chi connectivity index (χ1v) is 13.2. The first-order chi connectivity index (χ1) is 34.0. The third kappa shape index (κ3) is 4.09. The van der Waals surface area contributed by atoms with Gasteiger partial charge >= 0.3 is 0 Å². The fraction of sp³-hybridized carbons (Fsp3) is 0. The normalized spacial score (nSPS) is 20.3. The van der Waals surface area contributed by atoms with Gasteiger partial charge in [0.2, 0.25) is 0 Å². The predicted molar refractivity (Wildman–Crippen MR) is 190 cm³/mol. The molecule has 0 atom stereocenters. The zero-order valence-electron chi connectivity index (χ0n) is 50.4. The van der Waals surface area contributed by atoms with E-state index in [1.807, 2.05) is 0 Å². The van der Waals surface area contributed by atoms with Crippen LogP contribution in [0, 0.1) is 0 Å². The van der Waals surface area contributed by atoms with Gasteiger partial charge in [-0.1, -0.05) is 151 Å². The Hall–Kier alpha value is -5.92. The van der Waals surface area contributed by atoms with E-state index in [1.54, 1.807) is 0 Å². The Bertz CT molecular complexity index is 3980. The van der Waals surface area contributed by atoms with Crippen LogP contribution in [-0.4, -0.2) is 0 Å². The van der Waals surface area contributed by atoms with Gasteiger partial charge < -0.3 is 4.42 Å². The monoisotopic (exact) mass is 600 g/mol. The van der Waals surface area contributed by atoms with Crippen LogP contribution in [0.15, 0.2) is 174 Å². The Labute approximate surface area is 301 Å². The molecule has 45 heavy (non-hydrogen) atoms. The maximum Gasteiger partial charge on any atom is 0.136 e. The van der Waals surface area contributed by atoms with Crippen LogP contribution in [0.2, 0.25) is 0 Å². The van der Waals surface area contributed by atoms with E-state index in [2.05, 4.69) is 0 Å². The molecule has 0 saturated carbocycles. The highest BCUT2D eigenvalue weighted by Crippen LogP contribution is 2.48. The van der Waals surface area contributed by atoms with Gasteiger partial charge in [0.05, 0.1) is 38.4 Å². The fourth-order valence-electron chi connectivity index (χ4n) is 5.32. The molecule has 8 aromatic carbocycles. The molecule has 0 unspecified atom stereocenters. The molecule has 0 spiro atoms. The molecule has 0 aliphatic carbocycles. The van der Waals surface area contributed by atoms with Crippen LogP contribution in [0.4, 0.5) is 0 Å². The molecule has 0 bridgehead atoms. The van der Waals surface area contributed by atoms with E-state index in [0.29, 0.717) is 0 Å². The SMILES string of the molecule is [2H]c1c([2H])c([2H])c(-c2c([2H])c([2H])c([2H])c([2H])c2-c2c3c([2H])c([2H])c([2H])c([2H])c3c(-c3c([2H])c([2H])c([2H])c4oc5c([2H])c(-c6c([2H])c([2H])c([2H])c([2H])c6[2H])c([2H])c([2H])c5c34)c3c([2H])c([2H])c([2H])c([2H])c23)c([2H])c1[2H]. The summed E-state index contributed by atoms with van der Waals surface area (Å²) in [5.74, 6) is 0. The van der Waals surface area contributed by atoms with Gasteiger partial charge in [0.1, 0.15) is 11.2 Å². The first kappa shape index (κ1) is 10.1. The molecule has 1 nitrogen and oxygen atoms in total. The van der Waals surface area contributed by atoms with Crippen molar-refractivity contribution in [3.05, 3.63) is 169 Å². The van der Waals surface area contributed by atoms with E-state index in [1.165, 1.54) is 0 Å². The van der Waals surface area contributed by atoms with Gasteiger partial charge in [0, 0.05) is 10.8 Å². The number of rotatable bonds is 4. The molecule has 0 radical (unpaired) electrons. The van der Waals surface area contributed by atoms with Crippen molar-refractivity contribution in [3.8, 4) is 44.5 Å². The van der Waals surface area contributed by atoms with Gasteiger partial charge in [-0.3, -0.25) is 0 Å². The summed E-state index contributed by atoms with van der Waals surface area (Å²) in [6, 6.07) is -27.2. The van der Waals surface area contributed by atoms with Crippen LogP contribution in [-0.2, 0) is 0 Å². The Balaban J connectivity index is 1.63. The average Bonchev–Trinajstić information content (AvgIpc) is 3.77. The third-order valence-electron chi connectivity index (χ3n) is 7.14. The second-order valence-corrected chi connectivity index (χ2v) is 9.51. The Morgan fingerprint density at radius 2 is 0.844 bits per heavy atom. The van der Waals surface area contributed by atoms with Crippen molar-refractivity contribution in [2.75, 3.05) is 0 Å². The number of benzene rings is 8. The van der Waals surface area contributed by atoms with Crippen molar-refractivity contribution in [2.24, 2.45) is 0 Å². The zero-order valence-corrected chi connectivity index (χ0v) is 22.4. The molecular weight excluding hydrogens is 544 g/mol. The smallest absolute Gasteiger partial charge is 0.136 e. The first-order valence-electron chi connectivity index (χ1n) is 27.2. The van der Waals surface area contributed by atoms with E-state index in [-0.39, 0.29) is 0 Å². The van der Waals surface area contributed by atoms with Crippen molar-refractivity contribution in [2.45, 2.75) is 0 Å². The summed E-state index contributed by atoms with van der Waals surface area (Å²) >= 11 is 0. The summed E-state index contributed by atoms with van der Waals surface area (Å²) in [5.41, 5.74) is -7.66. The van der Waals surface area contributed by atoms with Gasteiger partial charge in [0.25, 0.3) is 0 Å². The largest absolute Gasteiger partial charge is 0.456 e. The summed E-state index contributed by atoms with van der Waals surface area (Å²) in [5, 5.41) is -4.35. The molecule has 9 rings (SSSR count). The Morgan fingerprint density at radius 1 is 0.333 bits per heavy atom. The maximum absolute atomic E-state index is 9.53. The number of furan rings is 1. The van der Waals surface area contributed by atoms with E-state index < -0.39 is 257 Å². The lowest BCUT2D eigenvalue weighted by Gasteiger charge is -2.20. The van der Waals surface area contributed by atoms with Crippen molar-refractivity contribution in [3.63, 3.8) is 0 Å². The minimum atomic E-state index is -1.07. The van der Waals surface area contributed by atoms with Crippen LogP contribution in [0.25, 0.3) is 88.0 Å². The van der Waals surface area contributed by atoms with Crippen molar-refractivity contribution >= 4 is 43.5 Å².